The number of aromatic nitrogens is 2. The summed E-state index contributed by atoms with van der Waals surface area (Å²) in [5.74, 6) is 0.142. The van der Waals surface area contributed by atoms with Crippen LogP contribution in [-0.2, 0) is 18.4 Å². The van der Waals surface area contributed by atoms with Crippen molar-refractivity contribution in [2.75, 3.05) is 0 Å². The van der Waals surface area contributed by atoms with E-state index in [1.807, 2.05) is 27.0 Å². The highest BCUT2D eigenvalue weighted by Crippen LogP contribution is 2.20. The minimum absolute atomic E-state index is 0.176. The Hall–Kier alpha value is -2.56. The minimum Gasteiger partial charge on any atom is -0.472 e. The Morgan fingerprint density at radius 1 is 1.41 bits per heavy atom. The van der Waals surface area contributed by atoms with Gasteiger partial charge >= 0.3 is 5.97 Å². The summed E-state index contributed by atoms with van der Waals surface area (Å²) < 4.78 is 12.6. The van der Waals surface area contributed by atoms with Gasteiger partial charge in [0, 0.05) is 24.9 Å². The van der Waals surface area contributed by atoms with Gasteiger partial charge < -0.3 is 9.47 Å². The van der Waals surface area contributed by atoms with Crippen LogP contribution >= 0.6 is 0 Å². The molecule has 116 valence electrons. The number of benzene rings is 1. The lowest BCUT2D eigenvalue weighted by molar-refractivity contribution is 0.0375. The van der Waals surface area contributed by atoms with Gasteiger partial charge in [-0.05, 0) is 25.5 Å². The first-order chi connectivity index (χ1) is 10.5. The molecule has 0 unspecified atom stereocenters. The number of nitrogens with zero attached hydrogens (tertiary/aromatic N) is 2. The Bertz CT molecular complexity index is 674. The number of carbonyl (C=O) groups is 1. The Balaban J connectivity index is 2.26. The summed E-state index contributed by atoms with van der Waals surface area (Å²) in [6.45, 7) is 7.65. The predicted molar refractivity (Wildman–Crippen MR) is 84.6 cm³/mol. The van der Waals surface area contributed by atoms with Crippen LogP contribution in [0, 0.1) is 0 Å². The number of esters is 1. The molecule has 0 N–H and O–H groups in total. The van der Waals surface area contributed by atoms with Crippen molar-refractivity contribution < 1.29 is 14.3 Å². The molecule has 0 amide bonds. The number of rotatable bonds is 6. The van der Waals surface area contributed by atoms with Gasteiger partial charge in [-0.3, -0.25) is 4.68 Å². The normalized spacial score (nSPS) is 10.5. The molecule has 1 heterocycles. The van der Waals surface area contributed by atoms with Gasteiger partial charge in [0.25, 0.3) is 0 Å². The van der Waals surface area contributed by atoms with E-state index in [2.05, 4.69) is 11.7 Å². The second-order valence-electron chi connectivity index (χ2n) is 5.15. The minimum atomic E-state index is -0.363. The van der Waals surface area contributed by atoms with Crippen molar-refractivity contribution in [1.82, 2.24) is 9.78 Å². The van der Waals surface area contributed by atoms with Crippen LogP contribution in [0.25, 0.3) is 6.08 Å². The molecule has 22 heavy (non-hydrogen) atoms. The quantitative estimate of drug-likeness (QED) is 0.769. The topological polar surface area (TPSA) is 53.4 Å². The second kappa shape index (κ2) is 6.93. The zero-order valence-corrected chi connectivity index (χ0v) is 13.1. The Kier molecular flexibility index (Phi) is 4.99. The van der Waals surface area contributed by atoms with E-state index in [0.717, 1.165) is 11.1 Å². The van der Waals surface area contributed by atoms with Crippen molar-refractivity contribution in [3.8, 4) is 5.88 Å². The smallest absolute Gasteiger partial charge is 0.338 e. The van der Waals surface area contributed by atoms with Crippen molar-refractivity contribution in [3.63, 3.8) is 0 Å². The number of hydrogen-bond acceptors (Lipinski definition) is 4. The summed E-state index contributed by atoms with van der Waals surface area (Å²) in [5, 5.41) is 4.16. The summed E-state index contributed by atoms with van der Waals surface area (Å²) in [7, 11) is 1.82. The Morgan fingerprint density at radius 3 is 2.77 bits per heavy atom. The fraction of sp³-hybridized carbons (Fsp3) is 0.294. The van der Waals surface area contributed by atoms with Crippen LogP contribution in [0.15, 0.2) is 37.0 Å². The van der Waals surface area contributed by atoms with Crippen LogP contribution in [-0.4, -0.2) is 21.9 Å². The molecular formula is C17H20N2O3. The molecule has 0 aliphatic carbocycles. The third-order valence-electron chi connectivity index (χ3n) is 3.05. The maximum Gasteiger partial charge on any atom is 0.338 e. The Labute approximate surface area is 130 Å². The summed E-state index contributed by atoms with van der Waals surface area (Å²) in [6.07, 6.45) is 3.32. The highest BCUT2D eigenvalue weighted by Gasteiger charge is 2.17. The standard InChI is InChI=1S/C17H20N2O3/c1-5-13-7-6-8-14(17(20)22-12(2)3)15(13)11-21-16-9-10-19(4)18-16/h5-10,12H,1,11H2,2-4H3. The van der Waals surface area contributed by atoms with Crippen LogP contribution in [0.5, 0.6) is 5.88 Å². The summed E-state index contributed by atoms with van der Waals surface area (Å²) >= 11 is 0. The maximum absolute atomic E-state index is 12.2. The highest BCUT2D eigenvalue weighted by atomic mass is 16.5. The first-order valence-electron chi connectivity index (χ1n) is 7.09. The summed E-state index contributed by atoms with van der Waals surface area (Å²) in [5.41, 5.74) is 2.07. The molecule has 5 heteroatoms. The Morgan fingerprint density at radius 2 is 2.18 bits per heavy atom. The maximum atomic E-state index is 12.2. The molecule has 2 aromatic rings. The molecular weight excluding hydrogens is 280 g/mol. The van der Waals surface area contributed by atoms with E-state index in [0.29, 0.717) is 11.4 Å². The van der Waals surface area contributed by atoms with Crippen LogP contribution in [0.2, 0.25) is 0 Å². The molecule has 0 saturated carbocycles. The third kappa shape index (κ3) is 3.75. The first kappa shape index (κ1) is 15.8. The molecule has 1 aromatic heterocycles. The lowest BCUT2D eigenvalue weighted by Gasteiger charge is -2.14. The van der Waals surface area contributed by atoms with Crippen LogP contribution in [0.1, 0.15) is 35.3 Å². The molecule has 0 atom stereocenters. The van der Waals surface area contributed by atoms with Crippen LogP contribution < -0.4 is 4.74 Å². The van der Waals surface area contributed by atoms with Crippen molar-refractivity contribution in [2.45, 2.75) is 26.6 Å². The van der Waals surface area contributed by atoms with E-state index in [-0.39, 0.29) is 18.7 Å². The molecule has 0 radical (unpaired) electrons. The third-order valence-corrected chi connectivity index (χ3v) is 3.05. The van der Waals surface area contributed by atoms with Crippen molar-refractivity contribution in [1.29, 1.82) is 0 Å². The molecule has 1 aromatic carbocycles. The lowest BCUT2D eigenvalue weighted by atomic mass is 10.0. The fourth-order valence-corrected chi connectivity index (χ4v) is 2.04. The van der Waals surface area contributed by atoms with Gasteiger partial charge in [0.2, 0.25) is 5.88 Å². The average molecular weight is 300 g/mol. The van der Waals surface area contributed by atoms with E-state index < -0.39 is 0 Å². The SMILES string of the molecule is C=Cc1cccc(C(=O)OC(C)C)c1COc1ccn(C)n1. The van der Waals surface area contributed by atoms with Crippen LogP contribution in [0.3, 0.4) is 0 Å². The first-order valence-corrected chi connectivity index (χ1v) is 7.09. The summed E-state index contributed by atoms with van der Waals surface area (Å²) in [6, 6.07) is 7.19. The number of hydrogen-bond donors (Lipinski definition) is 0. The average Bonchev–Trinajstić information content (AvgIpc) is 2.89. The van der Waals surface area contributed by atoms with E-state index in [4.69, 9.17) is 9.47 Å². The fourth-order valence-electron chi connectivity index (χ4n) is 2.04. The van der Waals surface area contributed by atoms with Gasteiger partial charge in [-0.1, -0.05) is 24.8 Å². The molecule has 0 bridgehead atoms. The zero-order valence-electron chi connectivity index (χ0n) is 13.1. The van der Waals surface area contributed by atoms with Crippen molar-refractivity contribution in [2.24, 2.45) is 7.05 Å². The van der Waals surface area contributed by atoms with Gasteiger partial charge in [-0.15, -0.1) is 5.10 Å². The van der Waals surface area contributed by atoms with Crippen molar-refractivity contribution in [3.05, 3.63) is 53.7 Å². The molecule has 0 saturated heterocycles. The van der Waals surface area contributed by atoms with Gasteiger partial charge in [0.15, 0.2) is 0 Å². The van der Waals surface area contributed by atoms with E-state index in [1.54, 1.807) is 35.2 Å². The van der Waals surface area contributed by atoms with Gasteiger partial charge in [0.05, 0.1) is 11.7 Å². The molecule has 0 fully saturated rings. The van der Waals surface area contributed by atoms with Crippen molar-refractivity contribution >= 4 is 12.0 Å². The molecule has 0 aliphatic heterocycles. The second-order valence-corrected chi connectivity index (χ2v) is 5.15. The molecule has 5 nitrogen and oxygen atoms in total. The monoisotopic (exact) mass is 300 g/mol. The number of carbonyl (C=O) groups excluding carboxylic acids is 1. The number of ether oxygens (including phenoxy) is 2. The molecule has 0 spiro atoms. The van der Waals surface area contributed by atoms with Gasteiger partial charge in [-0.2, -0.15) is 0 Å². The zero-order chi connectivity index (χ0) is 16.1. The number of aryl methyl sites for hydroxylation is 1. The van der Waals surface area contributed by atoms with E-state index >= 15 is 0 Å². The predicted octanol–water partition coefficient (Wildman–Crippen LogP) is 3.21. The molecule has 2 rings (SSSR count). The van der Waals surface area contributed by atoms with Gasteiger partial charge in [0.1, 0.15) is 6.61 Å². The molecule has 0 aliphatic rings. The van der Waals surface area contributed by atoms with Crippen LogP contribution in [0.4, 0.5) is 0 Å². The van der Waals surface area contributed by atoms with E-state index in [9.17, 15) is 4.79 Å². The van der Waals surface area contributed by atoms with E-state index in [1.165, 1.54) is 0 Å². The summed E-state index contributed by atoms with van der Waals surface area (Å²) in [4.78, 5) is 12.2. The largest absolute Gasteiger partial charge is 0.472 e. The highest BCUT2D eigenvalue weighted by molar-refractivity contribution is 5.92. The lowest BCUT2D eigenvalue weighted by Crippen LogP contribution is -2.15. The van der Waals surface area contributed by atoms with Gasteiger partial charge in [-0.25, -0.2) is 4.79 Å².